The second kappa shape index (κ2) is 10.8. The van der Waals surface area contributed by atoms with Crippen LogP contribution < -0.4 is 4.74 Å². The normalized spacial score (nSPS) is 28.7. The maximum absolute atomic E-state index is 13.1. The quantitative estimate of drug-likeness (QED) is 0.124. The number of phenolic OH excluding ortho intramolecular Hbond substituents is 1. The molecule has 0 radical (unpaired) electrons. The molecule has 1 spiro atoms. The monoisotopic (exact) mass is 607 g/mol. The second-order valence-corrected chi connectivity index (χ2v) is 10.9. The lowest BCUT2D eigenvalue weighted by Gasteiger charge is -2.61. The number of phenols is 1. The number of carbonyl (C=O) groups excluding carboxylic acids is 3. The first kappa shape index (κ1) is 30.2. The van der Waals surface area contributed by atoms with Gasteiger partial charge in [-0.25, -0.2) is 19.2 Å². The fourth-order valence-corrected chi connectivity index (χ4v) is 6.63. The maximum Gasteiger partial charge on any atom is 0.348 e. The number of aliphatic carboxylic acids is 2. The zero-order valence-corrected chi connectivity index (χ0v) is 22.7. The molecular weight excluding hydrogens is 578 g/mol. The number of benzene rings is 1. The minimum atomic E-state index is -2.66. The summed E-state index contributed by atoms with van der Waals surface area (Å²) >= 11 is 0. The summed E-state index contributed by atoms with van der Waals surface area (Å²) in [4.78, 5) is 61.6. The van der Waals surface area contributed by atoms with Crippen LogP contribution in [0.3, 0.4) is 0 Å². The van der Waals surface area contributed by atoms with Gasteiger partial charge in [-0.15, -0.1) is 0 Å². The van der Waals surface area contributed by atoms with E-state index in [1.165, 1.54) is 12.1 Å². The predicted octanol–water partition coefficient (Wildman–Crippen LogP) is -2.05. The highest BCUT2D eigenvalue weighted by Gasteiger charge is 2.72. The number of esters is 3. The molecule has 16 heteroatoms. The highest BCUT2D eigenvalue weighted by molar-refractivity contribution is 5.89. The van der Waals surface area contributed by atoms with Crippen molar-refractivity contribution in [1.82, 2.24) is 4.90 Å². The van der Waals surface area contributed by atoms with E-state index in [9.17, 15) is 44.4 Å². The minimum Gasteiger partial charge on any atom is -0.504 e. The molecule has 4 aliphatic rings. The fraction of sp³-hybridized carbons (Fsp3) is 0.519. The molecule has 232 valence electrons. The van der Waals surface area contributed by atoms with Gasteiger partial charge in [0.2, 0.25) is 6.10 Å². The van der Waals surface area contributed by atoms with Crippen LogP contribution in [-0.2, 0) is 50.0 Å². The zero-order valence-electron chi connectivity index (χ0n) is 22.7. The van der Waals surface area contributed by atoms with Gasteiger partial charge in [-0.05, 0) is 44.1 Å². The average Bonchev–Trinajstić information content (AvgIpc) is 3.31. The van der Waals surface area contributed by atoms with E-state index in [0.717, 1.165) is 5.56 Å². The molecule has 1 fully saturated rings. The van der Waals surface area contributed by atoms with Gasteiger partial charge in [-0.3, -0.25) is 4.79 Å². The third-order valence-corrected chi connectivity index (χ3v) is 8.59. The predicted molar refractivity (Wildman–Crippen MR) is 135 cm³/mol. The number of carboxylic acid groups (broad SMARTS) is 2. The number of likely N-dealkylation sites (N-methyl/N-ethyl adjacent to an activating group) is 1. The lowest BCUT2D eigenvalue weighted by molar-refractivity contribution is -0.184. The van der Waals surface area contributed by atoms with E-state index in [1.807, 2.05) is 11.9 Å². The number of aromatic hydroxyl groups is 1. The van der Waals surface area contributed by atoms with Crippen molar-refractivity contribution in [1.29, 1.82) is 0 Å². The minimum absolute atomic E-state index is 0.0390. The molecule has 0 amide bonds. The van der Waals surface area contributed by atoms with Crippen LogP contribution in [0.4, 0.5) is 0 Å². The van der Waals surface area contributed by atoms with Gasteiger partial charge < -0.3 is 54.5 Å². The summed E-state index contributed by atoms with van der Waals surface area (Å²) in [5.74, 6) is -8.15. The first-order valence-electron chi connectivity index (χ1n) is 13.2. The van der Waals surface area contributed by atoms with Gasteiger partial charge >= 0.3 is 29.8 Å². The van der Waals surface area contributed by atoms with E-state index < -0.39 is 78.3 Å². The number of likely N-dealkylation sites (tertiary alicyclic amines) is 1. The summed E-state index contributed by atoms with van der Waals surface area (Å²) in [6.45, 7) is -0.620. The van der Waals surface area contributed by atoms with E-state index in [1.54, 1.807) is 6.07 Å². The van der Waals surface area contributed by atoms with E-state index in [4.69, 9.17) is 24.4 Å². The molecule has 7 atom stereocenters. The van der Waals surface area contributed by atoms with E-state index in [2.05, 4.69) is 4.74 Å². The molecule has 1 saturated heterocycles. The summed E-state index contributed by atoms with van der Waals surface area (Å²) < 4.78 is 20.9. The smallest absolute Gasteiger partial charge is 0.348 e. The molecule has 2 bridgehead atoms. The van der Waals surface area contributed by atoms with Crippen LogP contribution in [0, 0.1) is 0 Å². The Bertz CT molecular complexity index is 1420. The van der Waals surface area contributed by atoms with Gasteiger partial charge in [0.1, 0.15) is 5.76 Å². The Morgan fingerprint density at radius 2 is 1.84 bits per heavy atom. The van der Waals surface area contributed by atoms with E-state index in [0.29, 0.717) is 24.9 Å². The van der Waals surface area contributed by atoms with Crippen molar-refractivity contribution in [3.05, 3.63) is 35.1 Å². The highest BCUT2D eigenvalue weighted by atomic mass is 16.6. The van der Waals surface area contributed by atoms with Crippen molar-refractivity contribution in [2.45, 2.75) is 67.2 Å². The number of piperidine rings is 1. The fourth-order valence-electron chi connectivity index (χ4n) is 6.63. The molecular formula is C27H29NO15. The molecule has 6 N–H and O–H groups in total. The van der Waals surface area contributed by atoms with Crippen LogP contribution in [0.2, 0.25) is 0 Å². The van der Waals surface area contributed by atoms with Crippen LogP contribution in [0.15, 0.2) is 24.0 Å². The summed E-state index contributed by atoms with van der Waals surface area (Å²) in [5, 5.41) is 59.5. The molecule has 16 nitrogen and oxygen atoms in total. The molecule has 1 aromatic carbocycles. The average molecular weight is 608 g/mol. The van der Waals surface area contributed by atoms with Gasteiger partial charge in [0.25, 0.3) is 0 Å². The number of aliphatic hydroxyl groups is 3. The molecule has 2 aliphatic carbocycles. The number of hydrogen-bond donors (Lipinski definition) is 6. The summed E-state index contributed by atoms with van der Waals surface area (Å²) in [6.07, 6.45) is -7.26. The zero-order chi connectivity index (χ0) is 31.4. The van der Waals surface area contributed by atoms with Crippen LogP contribution in [0.25, 0.3) is 0 Å². The largest absolute Gasteiger partial charge is 0.504 e. The van der Waals surface area contributed by atoms with Crippen LogP contribution in [0.1, 0.15) is 30.4 Å². The van der Waals surface area contributed by atoms with Gasteiger partial charge in [-0.1, -0.05) is 6.07 Å². The van der Waals surface area contributed by atoms with E-state index in [-0.39, 0.29) is 29.7 Å². The topological polar surface area (TPSA) is 247 Å². The SMILES string of the molecule is CN1CC[C@]23c4c5ccc(O)c4O[C@H]2C(OC(=O)C[C@H](OC(=O)[C@H](O)[C@@H](O)C(=O)O)C(=O)OCC(=O)O)=CC[C@@]3(O)[C@H]1C5. The molecule has 5 rings (SSSR count). The van der Waals surface area contributed by atoms with Crippen molar-refractivity contribution in [2.75, 3.05) is 20.2 Å². The third-order valence-electron chi connectivity index (χ3n) is 8.59. The molecule has 0 unspecified atom stereocenters. The van der Waals surface area contributed by atoms with Crippen molar-refractivity contribution < 1.29 is 73.6 Å². The first-order chi connectivity index (χ1) is 20.2. The third kappa shape index (κ3) is 4.75. The second-order valence-electron chi connectivity index (χ2n) is 10.9. The Morgan fingerprint density at radius 3 is 2.51 bits per heavy atom. The number of carbonyl (C=O) groups is 5. The van der Waals surface area contributed by atoms with Crippen LogP contribution in [0.5, 0.6) is 11.5 Å². The molecule has 43 heavy (non-hydrogen) atoms. The standard InChI is InChI=1S/C27H29NO15/c1-28-7-6-26-18-11-2-3-12(29)21(18)43-22(26)13(4-5-27(26,39)15(28)8-11)41-17(32)9-14(24(37)40-10-16(30)31)42-25(38)20(34)19(33)23(35)36/h2-4,14-15,19-20,22,29,33-34,39H,5-10H2,1H3,(H,30,31)(H,35,36)/t14-,15+,19+,20+,22-,26-,27+/m0/s1. The number of hydrogen-bond acceptors (Lipinski definition) is 14. The number of carboxylic acids is 2. The summed E-state index contributed by atoms with van der Waals surface area (Å²) in [6, 6.07) is 2.92. The number of aliphatic hydroxyl groups excluding tert-OH is 2. The molecule has 2 heterocycles. The Labute approximate surface area is 242 Å². The Hall–Kier alpha value is -4.25. The molecule has 0 aromatic heterocycles. The lowest BCUT2D eigenvalue weighted by Crippen LogP contribution is -2.74. The van der Waals surface area contributed by atoms with Crippen molar-refractivity contribution in [2.24, 2.45) is 0 Å². The number of nitrogens with zero attached hydrogens (tertiary/aromatic N) is 1. The number of ether oxygens (including phenoxy) is 4. The van der Waals surface area contributed by atoms with Crippen molar-refractivity contribution >= 4 is 29.8 Å². The molecule has 0 saturated carbocycles. The Morgan fingerprint density at radius 1 is 1.12 bits per heavy atom. The lowest BCUT2D eigenvalue weighted by atomic mass is 9.50. The van der Waals surface area contributed by atoms with Crippen LogP contribution >= 0.6 is 0 Å². The molecule has 1 aromatic rings. The first-order valence-corrected chi connectivity index (χ1v) is 13.2. The molecule has 2 aliphatic heterocycles. The van der Waals surface area contributed by atoms with Crippen molar-refractivity contribution in [3.8, 4) is 11.5 Å². The Balaban J connectivity index is 1.40. The van der Waals surface area contributed by atoms with Crippen molar-refractivity contribution in [3.63, 3.8) is 0 Å². The highest BCUT2D eigenvalue weighted by Crippen LogP contribution is 2.65. The van der Waals surface area contributed by atoms with Gasteiger partial charge in [0, 0.05) is 18.0 Å². The Kier molecular flexibility index (Phi) is 7.58. The maximum atomic E-state index is 13.1. The van der Waals surface area contributed by atoms with Gasteiger partial charge in [-0.2, -0.15) is 0 Å². The van der Waals surface area contributed by atoms with Gasteiger partial charge in [0.15, 0.2) is 36.4 Å². The summed E-state index contributed by atoms with van der Waals surface area (Å²) in [7, 11) is 1.89. The van der Waals surface area contributed by atoms with E-state index >= 15 is 0 Å². The number of rotatable bonds is 10. The summed E-state index contributed by atoms with van der Waals surface area (Å²) in [5.41, 5.74) is -0.966. The van der Waals surface area contributed by atoms with Crippen LogP contribution in [-0.4, -0.2) is 122 Å². The van der Waals surface area contributed by atoms with Gasteiger partial charge in [0.05, 0.1) is 17.4 Å².